The van der Waals surface area contributed by atoms with Gasteiger partial charge < -0.3 is 4.90 Å². The van der Waals surface area contributed by atoms with Crippen LogP contribution in [-0.4, -0.2) is 43.9 Å². The summed E-state index contributed by atoms with van der Waals surface area (Å²) in [5, 5.41) is 2.84. The molecule has 0 radical (unpaired) electrons. The number of benzene rings is 2. The summed E-state index contributed by atoms with van der Waals surface area (Å²) in [5.74, 6) is -1.88. The van der Waals surface area contributed by atoms with E-state index < -0.39 is 26.6 Å². The lowest BCUT2D eigenvalue weighted by Gasteiger charge is -2.33. The van der Waals surface area contributed by atoms with Crippen LogP contribution in [0.5, 0.6) is 0 Å². The number of piperazine rings is 1. The Kier molecular flexibility index (Phi) is 5.61. The first kappa shape index (κ1) is 20.9. The lowest BCUT2D eigenvalue weighted by atomic mass is 10.0. The summed E-state index contributed by atoms with van der Waals surface area (Å²) in [6.45, 7) is 5.39. The Morgan fingerprint density at radius 3 is 2.43 bits per heavy atom. The zero-order valence-electron chi connectivity index (χ0n) is 16.6. The van der Waals surface area contributed by atoms with Crippen molar-refractivity contribution >= 4 is 26.5 Å². The largest absolute Gasteiger partial charge is 0.345 e. The van der Waals surface area contributed by atoms with Crippen LogP contribution in [0.15, 0.2) is 46.7 Å². The number of thiazole rings is 1. The van der Waals surface area contributed by atoms with Gasteiger partial charge in [-0.2, -0.15) is 4.31 Å². The predicted octanol–water partition coefficient (Wildman–Crippen LogP) is 4.22. The Bertz CT molecular complexity index is 1190. The number of aromatic nitrogens is 1. The zero-order valence-corrected chi connectivity index (χ0v) is 18.2. The maximum Gasteiger partial charge on any atom is 0.246 e. The smallest absolute Gasteiger partial charge is 0.246 e. The fourth-order valence-corrected chi connectivity index (χ4v) is 5.84. The first-order valence-electron chi connectivity index (χ1n) is 9.49. The Labute approximate surface area is 178 Å². The molecule has 0 aliphatic carbocycles. The number of anilines is 1. The molecule has 0 bridgehead atoms. The summed E-state index contributed by atoms with van der Waals surface area (Å²) in [4.78, 5) is 6.29. The summed E-state index contributed by atoms with van der Waals surface area (Å²) >= 11 is 1.52. The summed E-state index contributed by atoms with van der Waals surface area (Å²) in [7, 11) is -4.02. The molecule has 0 amide bonds. The van der Waals surface area contributed by atoms with E-state index in [2.05, 4.69) is 18.2 Å². The van der Waals surface area contributed by atoms with Crippen molar-refractivity contribution in [2.75, 3.05) is 31.1 Å². The van der Waals surface area contributed by atoms with Gasteiger partial charge in [-0.15, -0.1) is 11.3 Å². The van der Waals surface area contributed by atoms with E-state index in [0.29, 0.717) is 19.2 Å². The van der Waals surface area contributed by atoms with E-state index in [1.807, 2.05) is 24.1 Å². The van der Waals surface area contributed by atoms with Crippen LogP contribution in [0.4, 0.5) is 13.9 Å². The van der Waals surface area contributed by atoms with E-state index in [1.165, 1.54) is 15.6 Å². The van der Waals surface area contributed by atoms with Gasteiger partial charge in [-0.3, -0.25) is 0 Å². The molecule has 0 atom stereocenters. The maximum atomic E-state index is 14.0. The molecule has 1 aromatic heterocycles. The van der Waals surface area contributed by atoms with Gasteiger partial charge in [0.15, 0.2) is 5.13 Å². The lowest BCUT2D eigenvalue weighted by Crippen LogP contribution is -2.48. The Balaban J connectivity index is 1.49. The number of sulfonamides is 1. The van der Waals surface area contributed by atoms with Crippen molar-refractivity contribution < 1.29 is 17.2 Å². The van der Waals surface area contributed by atoms with Gasteiger partial charge in [-0.25, -0.2) is 22.2 Å². The highest BCUT2D eigenvalue weighted by atomic mass is 32.2. The number of hydrogen-bond acceptors (Lipinski definition) is 5. The van der Waals surface area contributed by atoms with Crippen molar-refractivity contribution in [2.45, 2.75) is 18.7 Å². The number of halogens is 2. The maximum absolute atomic E-state index is 14.0. The second kappa shape index (κ2) is 8.05. The van der Waals surface area contributed by atoms with Gasteiger partial charge in [0.25, 0.3) is 0 Å². The Morgan fingerprint density at radius 2 is 1.73 bits per heavy atom. The number of rotatable bonds is 4. The van der Waals surface area contributed by atoms with Gasteiger partial charge in [0.05, 0.1) is 5.69 Å². The predicted molar refractivity (Wildman–Crippen MR) is 114 cm³/mol. The van der Waals surface area contributed by atoms with E-state index in [9.17, 15) is 17.2 Å². The summed E-state index contributed by atoms with van der Waals surface area (Å²) in [5.41, 5.74) is 4.30. The quantitative estimate of drug-likeness (QED) is 0.599. The van der Waals surface area contributed by atoms with E-state index in [1.54, 1.807) is 0 Å². The van der Waals surface area contributed by atoms with Crippen LogP contribution in [0.25, 0.3) is 11.3 Å². The molecule has 5 nitrogen and oxygen atoms in total. The Morgan fingerprint density at radius 1 is 1.00 bits per heavy atom. The molecule has 0 saturated carbocycles. The summed E-state index contributed by atoms with van der Waals surface area (Å²) in [6, 6.07) is 8.77. The molecule has 1 fully saturated rings. The first-order valence-corrected chi connectivity index (χ1v) is 11.8. The van der Waals surface area contributed by atoms with Gasteiger partial charge in [0.2, 0.25) is 10.0 Å². The molecule has 0 unspecified atom stereocenters. The molecule has 30 heavy (non-hydrogen) atoms. The number of nitrogens with zero attached hydrogens (tertiary/aromatic N) is 3. The highest BCUT2D eigenvalue weighted by Crippen LogP contribution is 2.31. The van der Waals surface area contributed by atoms with E-state index in [0.717, 1.165) is 39.6 Å². The third kappa shape index (κ3) is 3.97. The van der Waals surface area contributed by atoms with Crippen LogP contribution in [0.2, 0.25) is 0 Å². The molecule has 1 saturated heterocycles. The molecular formula is C21H21F2N3O2S2. The monoisotopic (exact) mass is 449 g/mol. The van der Waals surface area contributed by atoms with Gasteiger partial charge in [0, 0.05) is 43.2 Å². The van der Waals surface area contributed by atoms with Crippen molar-refractivity contribution in [3.05, 3.63) is 64.5 Å². The van der Waals surface area contributed by atoms with Crippen molar-refractivity contribution in [3.8, 4) is 11.3 Å². The lowest BCUT2D eigenvalue weighted by molar-refractivity contribution is 0.382. The van der Waals surface area contributed by atoms with Crippen molar-refractivity contribution in [1.29, 1.82) is 0 Å². The first-order chi connectivity index (χ1) is 14.3. The third-order valence-electron chi connectivity index (χ3n) is 5.18. The number of aryl methyl sites for hydroxylation is 2. The van der Waals surface area contributed by atoms with E-state index >= 15 is 0 Å². The second-order valence-electron chi connectivity index (χ2n) is 7.30. The van der Waals surface area contributed by atoms with Crippen LogP contribution in [0, 0.1) is 25.5 Å². The molecule has 3 aromatic rings. The molecule has 1 aliphatic heterocycles. The third-order valence-corrected chi connectivity index (χ3v) is 8.02. The average molecular weight is 450 g/mol. The van der Waals surface area contributed by atoms with Gasteiger partial charge in [-0.1, -0.05) is 17.7 Å². The van der Waals surface area contributed by atoms with E-state index in [-0.39, 0.29) is 13.1 Å². The van der Waals surface area contributed by atoms with Crippen LogP contribution >= 0.6 is 11.3 Å². The minimum absolute atomic E-state index is 0.206. The average Bonchev–Trinajstić information content (AvgIpc) is 3.19. The number of hydrogen-bond donors (Lipinski definition) is 0. The van der Waals surface area contributed by atoms with E-state index in [4.69, 9.17) is 4.98 Å². The highest BCUT2D eigenvalue weighted by Gasteiger charge is 2.31. The molecule has 158 valence electrons. The van der Waals surface area contributed by atoms with Crippen molar-refractivity contribution in [1.82, 2.24) is 9.29 Å². The van der Waals surface area contributed by atoms with Crippen LogP contribution in [0.3, 0.4) is 0 Å². The zero-order chi connectivity index (χ0) is 21.5. The molecule has 2 heterocycles. The minimum Gasteiger partial charge on any atom is -0.345 e. The SMILES string of the molecule is Cc1ccc(C)c(-c2csc(N3CCN(S(=O)(=O)c4ccc(F)cc4F)CC3)n2)c1. The normalized spacial score (nSPS) is 15.5. The van der Waals surface area contributed by atoms with Crippen molar-refractivity contribution in [3.63, 3.8) is 0 Å². The van der Waals surface area contributed by atoms with Crippen LogP contribution in [-0.2, 0) is 10.0 Å². The molecule has 4 rings (SSSR count). The van der Waals surface area contributed by atoms with Crippen LogP contribution < -0.4 is 4.90 Å². The minimum atomic E-state index is -4.02. The summed E-state index contributed by atoms with van der Waals surface area (Å²) in [6.07, 6.45) is 0. The topological polar surface area (TPSA) is 53.5 Å². The van der Waals surface area contributed by atoms with Crippen molar-refractivity contribution in [2.24, 2.45) is 0 Å². The van der Waals surface area contributed by atoms with Crippen LogP contribution in [0.1, 0.15) is 11.1 Å². The fraction of sp³-hybridized carbons (Fsp3) is 0.286. The molecule has 0 N–H and O–H groups in total. The molecular weight excluding hydrogens is 428 g/mol. The molecule has 9 heteroatoms. The Hall–Kier alpha value is -2.36. The van der Waals surface area contributed by atoms with Gasteiger partial charge in [0.1, 0.15) is 16.5 Å². The highest BCUT2D eigenvalue weighted by molar-refractivity contribution is 7.89. The second-order valence-corrected chi connectivity index (χ2v) is 10.0. The molecule has 1 aliphatic rings. The molecule has 0 spiro atoms. The van der Waals surface area contributed by atoms with Gasteiger partial charge >= 0.3 is 0 Å². The summed E-state index contributed by atoms with van der Waals surface area (Å²) < 4.78 is 53.9. The fourth-order valence-electron chi connectivity index (χ4n) is 3.49. The standard InChI is InChI=1S/C21H21F2N3O2S2/c1-14-3-4-15(2)17(11-14)19-13-29-21(24-19)25-7-9-26(10-8-25)30(27,28)20-6-5-16(22)12-18(20)23/h3-6,11-13H,7-10H2,1-2H3. The molecule has 2 aromatic carbocycles. The van der Waals surface area contributed by atoms with Gasteiger partial charge in [-0.05, 0) is 37.6 Å².